The lowest BCUT2D eigenvalue weighted by Crippen LogP contribution is -2.38. The minimum absolute atomic E-state index is 0.192. The van der Waals surface area contributed by atoms with Crippen LogP contribution in [0.15, 0.2) is 0 Å². The Morgan fingerprint density at radius 3 is 1.36 bits per heavy atom. The van der Waals surface area contributed by atoms with Gasteiger partial charge in [0.15, 0.2) is 0 Å². The number of amides is 4. The second-order valence-corrected chi connectivity index (χ2v) is 12.0. The standard InChI is InChI=1S/C18H32N2O3.C14H24N2O3/c21-17-9-2-1-3-11-19(17)12-4-6-15-23-16-7-5-13-20-14-8-10-18(20)22;17-13-6-2-1-4-8-15(13)10-11-19-12-16-9-5-3-7-14(16)18/h1-16H2;1-12H2. The molecule has 240 valence electrons. The molecule has 4 rings (SSSR count). The van der Waals surface area contributed by atoms with Crippen LogP contribution in [0.5, 0.6) is 0 Å². The van der Waals surface area contributed by atoms with Crippen molar-refractivity contribution in [2.75, 3.05) is 72.4 Å². The summed E-state index contributed by atoms with van der Waals surface area (Å²) in [5, 5.41) is 0. The van der Waals surface area contributed by atoms with E-state index in [1.54, 1.807) is 4.90 Å². The van der Waals surface area contributed by atoms with Gasteiger partial charge in [-0.2, -0.15) is 0 Å². The number of ether oxygens (including phenoxy) is 2. The third-order valence-corrected chi connectivity index (χ3v) is 8.62. The molecule has 0 spiro atoms. The minimum Gasteiger partial charge on any atom is -0.381 e. The van der Waals surface area contributed by atoms with Crippen LogP contribution in [0.1, 0.15) is 109 Å². The van der Waals surface area contributed by atoms with Crippen molar-refractivity contribution in [3.8, 4) is 0 Å². The molecule has 4 saturated heterocycles. The number of unbranched alkanes of at least 4 members (excludes halogenated alkanes) is 2. The largest absolute Gasteiger partial charge is 0.381 e. The predicted molar refractivity (Wildman–Crippen MR) is 162 cm³/mol. The van der Waals surface area contributed by atoms with Gasteiger partial charge in [-0.3, -0.25) is 19.2 Å². The molecule has 0 radical (unpaired) electrons. The van der Waals surface area contributed by atoms with Gasteiger partial charge in [0.25, 0.3) is 0 Å². The van der Waals surface area contributed by atoms with Crippen molar-refractivity contribution < 1.29 is 28.7 Å². The molecule has 4 aliphatic rings. The smallest absolute Gasteiger partial charge is 0.224 e. The lowest BCUT2D eigenvalue weighted by molar-refractivity contribution is -0.140. The highest BCUT2D eigenvalue weighted by Crippen LogP contribution is 2.14. The van der Waals surface area contributed by atoms with E-state index in [-0.39, 0.29) is 11.8 Å². The number of rotatable bonds is 15. The summed E-state index contributed by atoms with van der Waals surface area (Å²) in [5.74, 6) is 1.08. The number of carbonyl (C=O) groups is 4. The first-order chi connectivity index (χ1) is 20.5. The van der Waals surface area contributed by atoms with Gasteiger partial charge in [-0.15, -0.1) is 0 Å². The van der Waals surface area contributed by atoms with Crippen LogP contribution in [0, 0.1) is 0 Å². The summed E-state index contributed by atoms with van der Waals surface area (Å²) in [5.41, 5.74) is 0. The van der Waals surface area contributed by atoms with E-state index < -0.39 is 0 Å². The summed E-state index contributed by atoms with van der Waals surface area (Å²) in [6.45, 7) is 8.43. The van der Waals surface area contributed by atoms with Crippen LogP contribution in [-0.2, 0) is 28.7 Å². The molecule has 4 aliphatic heterocycles. The lowest BCUT2D eigenvalue weighted by atomic mass is 10.1. The fourth-order valence-corrected chi connectivity index (χ4v) is 5.95. The predicted octanol–water partition coefficient (Wildman–Crippen LogP) is 3.96. The lowest BCUT2D eigenvalue weighted by Gasteiger charge is -2.27. The maximum Gasteiger partial charge on any atom is 0.224 e. The zero-order chi connectivity index (χ0) is 29.8. The number of likely N-dealkylation sites (tertiary alicyclic amines) is 4. The first-order valence-electron chi connectivity index (χ1n) is 16.8. The van der Waals surface area contributed by atoms with E-state index in [1.165, 1.54) is 6.42 Å². The Labute approximate surface area is 253 Å². The van der Waals surface area contributed by atoms with Gasteiger partial charge in [-0.25, -0.2) is 0 Å². The summed E-state index contributed by atoms with van der Waals surface area (Å²) >= 11 is 0. The fraction of sp³-hybridized carbons (Fsp3) is 0.875. The Hall–Kier alpha value is -2.20. The van der Waals surface area contributed by atoms with E-state index >= 15 is 0 Å². The molecule has 0 unspecified atom stereocenters. The van der Waals surface area contributed by atoms with Gasteiger partial charge in [0.05, 0.1) is 6.61 Å². The van der Waals surface area contributed by atoms with Crippen LogP contribution in [-0.4, -0.2) is 116 Å². The fourth-order valence-electron chi connectivity index (χ4n) is 5.95. The third kappa shape index (κ3) is 13.4. The van der Waals surface area contributed by atoms with Crippen molar-refractivity contribution in [3.05, 3.63) is 0 Å². The van der Waals surface area contributed by atoms with Crippen LogP contribution < -0.4 is 0 Å². The average molecular weight is 593 g/mol. The number of carbonyl (C=O) groups excluding carboxylic acids is 4. The van der Waals surface area contributed by atoms with Crippen LogP contribution in [0.3, 0.4) is 0 Å². The molecule has 4 amide bonds. The van der Waals surface area contributed by atoms with Crippen molar-refractivity contribution in [1.82, 2.24) is 19.6 Å². The molecule has 0 aromatic heterocycles. The third-order valence-electron chi connectivity index (χ3n) is 8.62. The SMILES string of the molecule is O=C1CCCCCN1CCCCOCCCCN1CCCC1=O.O=C1CCCCCN1CCOCN1CCCCC1=O. The second-order valence-electron chi connectivity index (χ2n) is 12.0. The second kappa shape index (κ2) is 20.7. The maximum atomic E-state index is 11.9. The van der Waals surface area contributed by atoms with Crippen LogP contribution in [0.4, 0.5) is 0 Å². The molecule has 4 heterocycles. The molecular weight excluding hydrogens is 536 g/mol. The van der Waals surface area contributed by atoms with Crippen LogP contribution in [0.2, 0.25) is 0 Å². The normalized spacial score (nSPS) is 20.5. The molecule has 42 heavy (non-hydrogen) atoms. The van der Waals surface area contributed by atoms with Gasteiger partial charge >= 0.3 is 0 Å². The van der Waals surface area contributed by atoms with E-state index in [9.17, 15) is 19.2 Å². The van der Waals surface area contributed by atoms with Crippen LogP contribution >= 0.6 is 0 Å². The van der Waals surface area contributed by atoms with Gasteiger partial charge < -0.3 is 29.1 Å². The topological polar surface area (TPSA) is 99.7 Å². The van der Waals surface area contributed by atoms with E-state index in [4.69, 9.17) is 9.47 Å². The molecule has 0 N–H and O–H groups in total. The van der Waals surface area contributed by atoms with E-state index in [0.717, 1.165) is 142 Å². The van der Waals surface area contributed by atoms with E-state index in [1.807, 2.05) is 14.7 Å². The molecule has 10 nitrogen and oxygen atoms in total. The maximum absolute atomic E-state index is 11.9. The monoisotopic (exact) mass is 592 g/mol. The number of hydrogen-bond acceptors (Lipinski definition) is 6. The van der Waals surface area contributed by atoms with Crippen molar-refractivity contribution in [3.63, 3.8) is 0 Å². The molecule has 0 atom stereocenters. The van der Waals surface area contributed by atoms with Crippen molar-refractivity contribution >= 4 is 23.6 Å². The van der Waals surface area contributed by atoms with Crippen molar-refractivity contribution in [1.29, 1.82) is 0 Å². The number of hydrogen-bond donors (Lipinski definition) is 0. The molecule has 10 heteroatoms. The molecule has 0 aromatic rings. The highest BCUT2D eigenvalue weighted by molar-refractivity contribution is 5.78. The summed E-state index contributed by atoms with van der Waals surface area (Å²) in [4.78, 5) is 54.3. The highest BCUT2D eigenvalue weighted by Gasteiger charge is 2.20. The number of piperidine rings is 1. The Bertz CT molecular complexity index is 825. The summed E-state index contributed by atoms with van der Waals surface area (Å²) in [6.07, 6.45) is 16.6. The van der Waals surface area contributed by atoms with Gasteiger partial charge in [0.2, 0.25) is 23.6 Å². The molecule has 0 aromatic carbocycles. The number of nitrogens with zero attached hydrogens (tertiary/aromatic N) is 4. The average Bonchev–Trinajstić information content (AvgIpc) is 3.14. The van der Waals surface area contributed by atoms with E-state index in [0.29, 0.717) is 44.5 Å². The zero-order valence-corrected chi connectivity index (χ0v) is 26.0. The molecule has 0 bridgehead atoms. The first kappa shape index (κ1) is 34.3. The molecule has 0 aliphatic carbocycles. The highest BCUT2D eigenvalue weighted by atomic mass is 16.5. The molecule has 0 saturated carbocycles. The Morgan fingerprint density at radius 1 is 0.405 bits per heavy atom. The first-order valence-corrected chi connectivity index (χ1v) is 16.8. The Kier molecular flexibility index (Phi) is 16.9. The van der Waals surface area contributed by atoms with Gasteiger partial charge in [-0.1, -0.05) is 12.8 Å². The van der Waals surface area contributed by atoms with Gasteiger partial charge in [0.1, 0.15) is 6.73 Å². The van der Waals surface area contributed by atoms with Crippen molar-refractivity contribution in [2.24, 2.45) is 0 Å². The zero-order valence-electron chi connectivity index (χ0n) is 26.0. The van der Waals surface area contributed by atoms with E-state index in [2.05, 4.69) is 0 Å². The molecule has 4 fully saturated rings. The molecular formula is C32H56N4O6. The summed E-state index contributed by atoms with van der Waals surface area (Å²) < 4.78 is 11.2. The quantitative estimate of drug-likeness (QED) is 0.267. The Balaban J connectivity index is 0.000000235. The minimum atomic E-state index is 0.192. The van der Waals surface area contributed by atoms with Gasteiger partial charge in [-0.05, 0) is 70.6 Å². The van der Waals surface area contributed by atoms with Crippen LogP contribution in [0.25, 0.3) is 0 Å². The Morgan fingerprint density at radius 2 is 0.833 bits per heavy atom. The summed E-state index contributed by atoms with van der Waals surface area (Å²) in [7, 11) is 0. The van der Waals surface area contributed by atoms with Crippen molar-refractivity contribution in [2.45, 2.75) is 109 Å². The van der Waals surface area contributed by atoms with Gasteiger partial charge in [0, 0.05) is 84.7 Å². The summed E-state index contributed by atoms with van der Waals surface area (Å²) in [6, 6.07) is 0.